The van der Waals surface area contributed by atoms with Crippen LogP contribution in [0.3, 0.4) is 0 Å². The van der Waals surface area contributed by atoms with Crippen molar-refractivity contribution in [3.05, 3.63) is 51.7 Å². The molecule has 0 saturated carbocycles. The molecule has 0 atom stereocenters. The number of thiophene rings is 1. The Morgan fingerprint density at radius 3 is 2.44 bits per heavy atom. The predicted octanol–water partition coefficient (Wildman–Crippen LogP) is 4.22. The normalized spacial score (nSPS) is 15.8. The van der Waals surface area contributed by atoms with Gasteiger partial charge >= 0.3 is 6.18 Å². The fraction of sp³-hybridized carbons (Fsp3) is 0.421. The van der Waals surface area contributed by atoms with E-state index in [1.165, 1.54) is 5.38 Å². The number of nitrogens with one attached hydrogen (secondary N) is 1. The highest BCUT2D eigenvalue weighted by atomic mass is 32.1. The SMILES string of the molecule is O=C(c1ccc(NCc2csc(C(F)(F)F)c2)cc1)N1CCC(CO)CC1. The minimum absolute atomic E-state index is 0.0365. The first-order valence-corrected chi connectivity index (χ1v) is 9.63. The monoisotopic (exact) mass is 398 g/mol. The maximum absolute atomic E-state index is 12.6. The Bertz CT molecular complexity index is 766. The smallest absolute Gasteiger partial charge is 0.396 e. The third kappa shape index (κ3) is 5.01. The quantitative estimate of drug-likeness (QED) is 0.793. The first kappa shape index (κ1) is 19.7. The Morgan fingerprint density at radius 2 is 1.89 bits per heavy atom. The molecule has 0 aliphatic carbocycles. The number of benzene rings is 1. The molecule has 1 aromatic carbocycles. The van der Waals surface area contributed by atoms with E-state index < -0.39 is 11.1 Å². The fourth-order valence-electron chi connectivity index (χ4n) is 3.05. The van der Waals surface area contributed by atoms with Crippen LogP contribution in [-0.4, -0.2) is 35.6 Å². The van der Waals surface area contributed by atoms with E-state index in [0.29, 0.717) is 35.6 Å². The van der Waals surface area contributed by atoms with Crippen LogP contribution in [0.15, 0.2) is 35.7 Å². The van der Waals surface area contributed by atoms with Gasteiger partial charge in [0, 0.05) is 37.5 Å². The Balaban J connectivity index is 1.54. The van der Waals surface area contributed by atoms with E-state index in [1.54, 1.807) is 29.2 Å². The summed E-state index contributed by atoms with van der Waals surface area (Å²) in [5, 5.41) is 13.7. The van der Waals surface area contributed by atoms with Gasteiger partial charge in [0.05, 0.1) is 0 Å². The molecule has 0 radical (unpaired) electrons. The van der Waals surface area contributed by atoms with Crippen molar-refractivity contribution in [1.82, 2.24) is 4.90 Å². The van der Waals surface area contributed by atoms with Crippen LogP contribution in [-0.2, 0) is 12.7 Å². The van der Waals surface area contributed by atoms with Crippen molar-refractivity contribution in [3.63, 3.8) is 0 Å². The maximum Gasteiger partial charge on any atom is 0.425 e. The summed E-state index contributed by atoms with van der Waals surface area (Å²) in [5.74, 6) is 0.237. The van der Waals surface area contributed by atoms with Crippen LogP contribution in [0.25, 0.3) is 0 Å². The summed E-state index contributed by atoms with van der Waals surface area (Å²) in [6, 6.07) is 8.09. The van der Waals surface area contributed by atoms with Gasteiger partial charge in [0.1, 0.15) is 4.88 Å². The first-order valence-electron chi connectivity index (χ1n) is 8.75. The number of hydrogen-bond acceptors (Lipinski definition) is 4. The van der Waals surface area contributed by atoms with E-state index in [-0.39, 0.29) is 25.0 Å². The molecule has 1 aliphatic rings. The number of aliphatic hydroxyl groups excluding tert-OH is 1. The van der Waals surface area contributed by atoms with Crippen LogP contribution in [0.4, 0.5) is 18.9 Å². The van der Waals surface area contributed by atoms with Gasteiger partial charge in [-0.25, -0.2) is 0 Å². The number of rotatable bonds is 5. The number of carbonyl (C=O) groups excluding carboxylic acids is 1. The largest absolute Gasteiger partial charge is 0.425 e. The molecule has 0 unspecified atom stereocenters. The lowest BCUT2D eigenvalue weighted by atomic mass is 9.97. The van der Waals surface area contributed by atoms with Crippen LogP contribution in [0, 0.1) is 5.92 Å². The van der Waals surface area contributed by atoms with Crippen molar-refractivity contribution >= 4 is 22.9 Å². The van der Waals surface area contributed by atoms with Gasteiger partial charge in [-0.3, -0.25) is 4.79 Å². The second kappa shape index (κ2) is 8.31. The summed E-state index contributed by atoms with van der Waals surface area (Å²) in [5.41, 5.74) is 1.89. The third-order valence-corrected chi connectivity index (χ3v) is 5.75. The van der Waals surface area contributed by atoms with Crippen LogP contribution in [0.1, 0.15) is 33.6 Å². The molecule has 146 valence electrons. The average molecular weight is 398 g/mol. The first-order chi connectivity index (χ1) is 12.9. The Labute approximate surface area is 159 Å². The van der Waals surface area contributed by atoms with E-state index in [1.807, 2.05) is 0 Å². The van der Waals surface area contributed by atoms with E-state index >= 15 is 0 Å². The second-order valence-corrected chi connectivity index (χ2v) is 7.58. The summed E-state index contributed by atoms with van der Waals surface area (Å²) in [7, 11) is 0. The molecule has 0 bridgehead atoms. The molecular weight excluding hydrogens is 377 g/mol. The lowest BCUT2D eigenvalue weighted by molar-refractivity contribution is -0.134. The molecule has 1 saturated heterocycles. The van der Waals surface area contributed by atoms with Gasteiger partial charge in [-0.2, -0.15) is 13.2 Å². The number of nitrogens with zero attached hydrogens (tertiary/aromatic N) is 1. The van der Waals surface area contributed by atoms with E-state index in [0.717, 1.165) is 24.6 Å². The van der Waals surface area contributed by atoms with Crippen molar-refractivity contribution in [2.45, 2.75) is 25.6 Å². The van der Waals surface area contributed by atoms with Crippen molar-refractivity contribution in [2.75, 3.05) is 25.0 Å². The van der Waals surface area contributed by atoms with Gasteiger partial charge in [0.2, 0.25) is 0 Å². The summed E-state index contributed by atoms with van der Waals surface area (Å²) in [6.45, 7) is 1.74. The zero-order valence-electron chi connectivity index (χ0n) is 14.6. The molecule has 1 aliphatic heterocycles. The lowest BCUT2D eigenvalue weighted by Crippen LogP contribution is -2.39. The predicted molar refractivity (Wildman–Crippen MR) is 98.8 cm³/mol. The zero-order chi connectivity index (χ0) is 19.4. The molecule has 2 aromatic rings. The van der Waals surface area contributed by atoms with Crippen LogP contribution < -0.4 is 5.32 Å². The van der Waals surface area contributed by atoms with Crippen molar-refractivity contribution < 1.29 is 23.1 Å². The molecule has 27 heavy (non-hydrogen) atoms. The van der Waals surface area contributed by atoms with Gasteiger partial charge in [-0.1, -0.05) is 0 Å². The van der Waals surface area contributed by atoms with E-state index in [4.69, 9.17) is 0 Å². The van der Waals surface area contributed by atoms with Gasteiger partial charge in [0.25, 0.3) is 5.91 Å². The minimum Gasteiger partial charge on any atom is -0.396 e. The van der Waals surface area contributed by atoms with Crippen LogP contribution in [0.5, 0.6) is 0 Å². The Morgan fingerprint density at radius 1 is 1.22 bits per heavy atom. The Hall–Kier alpha value is -2.06. The lowest BCUT2D eigenvalue weighted by Gasteiger charge is -2.31. The summed E-state index contributed by atoms with van der Waals surface area (Å²) < 4.78 is 37.9. The number of halogens is 3. The molecule has 4 nitrogen and oxygen atoms in total. The topological polar surface area (TPSA) is 52.6 Å². The average Bonchev–Trinajstić information content (AvgIpc) is 3.16. The van der Waals surface area contributed by atoms with Gasteiger partial charge in [-0.05, 0) is 60.0 Å². The molecule has 1 fully saturated rings. The van der Waals surface area contributed by atoms with Crippen LogP contribution in [0.2, 0.25) is 0 Å². The third-order valence-electron chi connectivity index (χ3n) is 4.72. The molecule has 1 aromatic heterocycles. The molecular formula is C19H21F3N2O2S. The summed E-state index contributed by atoms with van der Waals surface area (Å²) in [6.07, 6.45) is -2.69. The van der Waals surface area contributed by atoms with E-state index in [9.17, 15) is 23.1 Å². The van der Waals surface area contributed by atoms with Crippen molar-refractivity contribution in [3.8, 4) is 0 Å². The molecule has 0 spiro atoms. The Kier molecular flexibility index (Phi) is 6.06. The number of likely N-dealkylation sites (tertiary alicyclic amines) is 1. The van der Waals surface area contributed by atoms with Crippen molar-refractivity contribution in [2.24, 2.45) is 5.92 Å². The van der Waals surface area contributed by atoms with Gasteiger partial charge in [-0.15, -0.1) is 11.3 Å². The van der Waals surface area contributed by atoms with Crippen molar-refractivity contribution in [1.29, 1.82) is 0 Å². The van der Waals surface area contributed by atoms with Gasteiger partial charge in [0.15, 0.2) is 0 Å². The van der Waals surface area contributed by atoms with Gasteiger partial charge < -0.3 is 15.3 Å². The highest BCUT2D eigenvalue weighted by Gasteiger charge is 2.32. The highest BCUT2D eigenvalue weighted by Crippen LogP contribution is 2.34. The maximum atomic E-state index is 12.6. The molecule has 2 heterocycles. The number of aliphatic hydroxyl groups is 1. The molecule has 8 heteroatoms. The highest BCUT2D eigenvalue weighted by molar-refractivity contribution is 7.10. The molecule has 3 rings (SSSR count). The van der Waals surface area contributed by atoms with Crippen LogP contribution >= 0.6 is 11.3 Å². The minimum atomic E-state index is -4.31. The number of alkyl halides is 3. The van der Waals surface area contributed by atoms with E-state index in [2.05, 4.69) is 5.32 Å². The number of anilines is 1. The molecule has 1 amide bonds. The summed E-state index contributed by atoms with van der Waals surface area (Å²) >= 11 is 0.685. The number of carbonyl (C=O) groups is 1. The summed E-state index contributed by atoms with van der Waals surface area (Å²) in [4.78, 5) is 13.7. The number of hydrogen-bond donors (Lipinski definition) is 2. The number of piperidine rings is 1. The zero-order valence-corrected chi connectivity index (χ0v) is 15.4. The standard InChI is InChI=1S/C19H21F3N2O2S/c20-19(21,22)17-9-14(12-27-17)10-23-16-3-1-15(2-4-16)18(26)24-7-5-13(11-25)6-8-24/h1-4,9,12-13,23,25H,5-8,10-11H2. The molecule has 2 N–H and O–H groups in total. The fourth-order valence-corrected chi connectivity index (χ4v) is 3.84. The second-order valence-electron chi connectivity index (χ2n) is 6.67. The number of amides is 1.